The third-order valence-electron chi connectivity index (χ3n) is 6.87. The second kappa shape index (κ2) is 7.62. The molecule has 2 aromatic rings. The van der Waals surface area contributed by atoms with Gasteiger partial charge in [-0.2, -0.15) is 0 Å². The average molecular weight is 434 g/mol. The van der Waals surface area contributed by atoms with Crippen molar-refractivity contribution in [3.63, 3.8) is 0 Å². The van der Waals surface area contributed by atoms with Crippen LogP contribution in [0.3, 0.4) is 0 Å². The molecule has 5 rings (SSSR count). The van der Waals surface area contributed by atoms with Gasteiger partial charge in [0.05, 0.1) is 16.8 Å². The topological polar surface area (TPSA) is 66.6 Å². The lowest BCUT2D eigenvalue weighted by atomic mass is 9.92. The van der Waals surface area contributed by atoms with E-state index in [0.717, 1.165) is 48.3 Å². The number of primary amides is 1. The molecular weight excluding hydrogens is 410 g/mol. The lowest BCUT2D eigenvalue weighted by molar-refractivity contribution is -0.129. The number of anilines is 1. The molecule has 2 aliphatic heterocycles. The minimum absolute atomic E-state index is 0.0928. The average Bonchev–Trinajstić information content (AvgIpc) is 3.34. The van der Waals surface area contributed by atoms with Crippen LogP contribution in [0.15, 0.2) is 30.3 Å². The van der Waals surface area contributed by atoms with Crippen molar-refractivity contribution in [1.82, 2.24) is 4.90 Å². The number of hydrogen-bond acceptors (Lipinski definition) is 3. The maximum absolute atomic E-state index is 12.6. The fourth-order valence-electron chi connectivity index (χ4n) is 5.58. The molecule has 3 aliphatic rings. The first-order valence-corrected chi connectivity index (χ1v) is 11.1. The van der Waals surface area contributed by atoms with Crippen LogP contribution in [-0.4, -0.2) is 42.4 Å². The predicted molar refractivity (Wildman–Crippen MR) is 122 cm³/mol. The van der Waals surface area contributed by atoms with Gasteiger partial charge < -0.3 is 15.5 Å². The van der Waals surface area contributed by atoms with E-state index in [4.69, 9.17) is 17.3 Å². The van der Waals surface area contributed by atoms with Crippen LogP contribution in [0.25, 0.3) is 11.1 Å². The number of nitrogens with two attached hydrogens (primary N) is 1. The summed E-state index contributed by atoms with van der Waals surface area (Å²) in [6.07, 6.45) is 2.74. The molecule has 0 saturated carbocycles. The Bertz CT molecular complexity index is 1160. The number of fused-ring (bicyclic) bond motifs is 4. The standard InChI is InChI=1S/C25H24ClN3O2/c1-2-6-22(30)29-10-5-8-16-13-28(14-21(16)29)24-20(26)12-19(25(27)31)18-11-15-7-3-4-9-17(15)23(18)24/h3-4,7,9,12,16,21H,5,8,10-11,13-14H2,1H3,(H2,27,31)/t16-,21+/m0/s1. The maximum Gasteiger partial charge on any atom is 0.298 e. The highest BCUT2D eigenvalue weighted by atomic mass is 35.5. The van der Waals surface area contributed by atoms with E-state index in [2.05, 4.69) is 28.9 Å². The van der Waals surface area contributed by atoms with Gasteiger partial charge >= 0.3 is 0 Å². The number of carbonyl (C=O) groups is 2. The van der Waals surface area contributed by atoms with Gasteiger partial charge in [-0.25, -0.2) is 0 Å². The summed E-state index contributed by atoms with van der Waals surface area (Å²) >= 11 is 6.80. The normalized spacial score (nSPS) is 21.1. The molecule has 2 saturated heterocycles. The first-order chi connectivity index (χ1) is 15.0. The van der Waals surface area contributed by atoms with Gasteiger partial charge in [-0.15, -0.1) is 0 Å². The lowest BCUT2D eigenvalue weighted by Gasteiger charge is -2.35. The highest BCUT2D eigenvalue weighted by molar-refractivity contribution is 6.35. The fourth-order valence-corrected chi connectivity index (χ4v) is 5.91. The van der Waals surface area contributed by atoms with E-state index in [-0.39, 0.29) is 11.9 Å². The van der Waals surface area contributed by atoms with Gasteiger partial charge in [0.1, 0.15) is 0 Å². The van der Waals surface area contributed by atoms with E-state index >= 15 is 0 Å². The molecule has 0 radical (unpaired) electrons. The van der Waals surface area contributed by atoms with Crippen molar-refractivity contribution >= 4 is 29.1 Å². The lowest BCUT2D eigenvalue weighted by Crippen LogP contribution is -2.48. The first kappa shape index (κ1) is 20.0. The Morgan fingerprint density at radius 1 is 1.23 bits per heavy atom. The van der Waals surface area contributed by atoms with Gasteiger partial charge in [-0.3, -0.25) is 9.59 Å². The zero-order valence-corrected chi connectivity index (χ0v) is 18.2. The maximum atomic E-state index is 12.6. The quantitative estimate of drug-likeness (QED) is 0.629. The fraction of sp³-hybridized carbons (Fsp3) is 0.360. The van der Waals surface area contributed by atoms with Crippen LogP contribution in [0, 0.1) is 17.8 Å². The van der Waals surface area contributed by atoms with Gasteiger partial charge in [-0.05, 0) is 60.8 Å². The van der Waals surface area contributed by atoms with Crippen molar-refractivity contribution in [3.8, 4) is 23.0 Å². The molecule has 158 valence electrons. The molecule has 0 aromatic heterocycles. The van der Waals surface area contributed by atoms with E-state index in [1.165, 1.54) is 5.56 Å². The van der Waals surface area contributed by atoms with Crippen LogP contribution in [0.5, 0.6) is 0 Å². The number of carbonyl (C=O) groups excluding carboxylic acids is 2. The van der Waals surface area contributed by atoms with E-state index in [1.54, 1.807) is 13.0 Å². The van der Waals surface area contributed by atoms with Crippen LogP contribution in [0.2, 0.25) is 5.02 Å². The Morgan fingerprint density at radius 3 is 2.81 bits per heavy atom. The first-order valence-electron chi connectivity index (χ1n) is 10.7. The SMILES string of the molecule is CC#CC(=O)N1CCC[C@H]2CN(c3c(Cl)cc(C(N)=O)c4c3-c3ccccc3C4)C[C@H]21. The summed E-state index contributed by atoms with van der Waals surface area (Å²) in [7, 11) is 0. The van der Waals surface area contributed by atoms with Gasteiger partial charge in [0.15, 0.2) is 0 Å². The monoisotopic (exact) mass is 433 g/mol. The minimum Gasteiger partial charge on any atom is -0.367 e. The Labute approximate surface area is 187 Å². The molecule has 2 fully saturated rings. The summed E-state index contributed by atoms with van der Waals surface area (Å²) < 4.78 is 0. The van der Waals surface area contributed by atoms with Crippen LogP contribution in [0.1, 0.15) is 41.3 Å². The predicted octanol–water partition coefficient (Wildman–Crippen LogP) is 3.46. The number of amides is 2. The number of hydrogen-bond donors (Lipinski definition) is 1. The van der Waals surface area contributed by atoms with E-state index in [0.29, 0.717) is 29.5 Å². The molecule has 31 heavy (non-hydrogen) atoms. The van der Waals surface area contributed by atoms with Gasteiger partial charge in [-0.1, -0.05) is 41.8 Å². The highest BCUT2D eigenvalue weighted by Crippen LogP contribution is 2.49. The Kier molecular flexibility index (Phi) is 4.91. The molecule has 2 atom stereocenters. The molecule has 0 unspecified atom stereocenters. The summed E-state index contributed by atoms with van der Waals surface area (Å²) in [5, 5.41) is 0.536. The van der Waals surface area contributed by atoms with Crippen molar-refractivity contribution in [2.45, 2.75) is 32.2 Å². The van der Waals surface area contributed by atoms with Crippen LogP contribution >= 0.6 is 11.6 Å². The number of benzene rings is 2. The van der Waals surface area contributed by atoms with Crippen LogP contribution in [-0.2, 0) is 11.2 Å². The largest absolute Gasteiger partial charge is 0.367 e. The van der Waals surface area contributed by atoms with E-state index in [9.17, 15) is 9.59 Å². The van der Waals surface area contributed by atoms with Gasteiger partial charge in [0.25, 0.3) is 5.91 Å². The second-order valence-corrected chi connectivity index (χ2v) is 8.96. The molecule has 0 spiro atoms. The molecule has 2 N–H and O–H groups in total. The number of piperidine rings is 1. The Morgan fingerprint density at radius 2 is 2.03 bits per heavy atom. The zero-order valence-electron chi connectivity index (χ0n) is 17.5. The molecule has 1 aliphatic carbocycles. The van der Waals surface area contributed by atoms with Crippen molar-refractivity contribution in [2.24, 2.45) is 11.7 Å². The smallest absolute Gasteiger partial charge is 0.298 e. The Hall–Kier alpha value is -2.97. The van der Waals surface area contributed by atoms with Crippen LogP contribution in [0.4, 0.5) is 5.69 Å². The molecular formula is C25H24ClN3O2. The van der Waals surface area contributed by atoms with Gasteiger partial charge in [0, 0.05) is 30.8 Å². The second-order valence-electron chi connectivity index (χ2n) is 8.55. The number of rotatable bonds is 2. The number of halogens is 1. The van der Waals surface area contributed by atoms with E-state index in [1.807, 2.05) is 17.0 Å². The van der Waals surface area contributed by atoms with Crippen molar-refractivity contribution in [3.05, 3.63) is 52.0 Å². The van der Waals surface area contributed by atoms with Gasteiger partial charge in [0.2, 0.25) is 5.91 Å². The third kappa shape index (κ3) is 3.18. The Balaban J connectivity index is 1.59. The molecule has 2 amide bonds. The zero-order chi connectivity index (χ0) is 21.7. The summed E-state index contributed by atoms with van der Waals surface area (Å²) in [6.45, 7) is 3.99. The summed E-state index contributed by atoms with van der Waals surface area (Å²) in [6, 6.07) is 10.0. The van der Waals surface area contributed by atoms with Crippen LogP contribution < -0.4 is 10.6 Å². The summed E-state index contributed by atoms with van der Waals surface area (Å²) in [5.41, 5.74) is 11.4. The third-order valence-corrected chi connectivity index (χ3v) is 7.16. The summed E-state index contributed by atoms with van der Waals surface area (Å²) in [4.78, 5) is 29.0. The molecule has 2 heterocycles. The molecule has 5 nitrogen and oxygen atoms in total. The van der Waals surface area contributed by atoms with E-state index < -0.39 is 5.91 Å². The summed E-state index contributed by atoms with van der Waals surface area (Å²) in [5.74, 6) is 5.28. The highest BCUT2D eigenvalue weighted by Gasteiger charge is 2.42. The molecule has 2 aromatic carbocycles. The number of nitrogens with zero attached hydrogens (tertiary/aromatic N) is 2. The van der Waals surface area contributed by atoms with Crippen molar-refractivity contribution in [1.29, 1.82) is 0 Å². The molecule has 0 bridgehead atoms. The number of likely N-dealkylation sites (tertiary alicyclic amines) is 1. The minimum atomic E-state index is -0.456. The van der Waals surface area contributed by atoms with Crippen molar-refractivity contribution in [2.75, 3.05) is 24.5 Å². The molecule has 6 heteroatoms. The van der Waals surface area contributed by atoms with Crippen molar-refractivity contribution < 1.29 is 9.59 Å².